The number of amides is 2. The first-order valence-electron chi connectivity index (χ1n) is 7.63. The van der Waals surface area contributed by atoms with Crippen LogP contribution in [0.5, 0.6) is 0 Å². The number of hydrogen-bond acceptors (Lipinski definition) is 3. The number of thiazole rings is 1. The van der Waals surface area contributed by atoms with Gasteiger partial charge in [0.15, 0.2) is 5.13 Å². The molecule has 0 radical (unpaired) electrons. The van der Waals surface area contributed by atoms with Crippen LogP contribution in [0.1, 0.15) is 36.3 Å². The molecule has 0 bridgehead atoms. The first kappa shape index (κ1) is 15.9. The van der Waals surface area contributed by atoms with E-state index in [1.54, 1.807) is 0 Å². The average Bonchev–Trinajstić information content (AvgIpc) is 2.84. The molecule has 0 atom stereocenters. The minimum absolute atomic E-state index is 0.197. The van der Waals surface area contributed by atoms with Gasteiger partial charge in [-0.3, -0.25) is 5.32 Å². The van der Waals surface area contributed by atoms with E-state index in [0.29, 0.717) is 5.13 Å². The third-order valence-corrected chi connectivity index (χ3v) is 4.82. The molecule has 4 nitrogen and oxygen atoms in total. The Morgan fingerprint density at radius 1 is 1.09 bits per heavy atom. The lowest BCUT2D eigenvalue weighted by atomic mass is 10.0. The summed E-state index contributed by atoms with van der Waals surface area (Å²) in [5.74, 6) is -1.30. The van der Waals surface area contributed by atoms with Crippen LogP contribution in [0.15, 0.2) is 18.2 Å². The van der Waals surface area contributed by atoms with Crippen LogP contribution in [-0.4, -0.2) is 11.0 Å². The van der Waals surface area contributed by atoms with Gasteiger partial charge >= 0.3 is 6.03 Å². The van der Waals surface area contributed by atoms with Gasteiger partial charge in [-0.05, 0) is 37.8 Å². The van der Waals surface area contributed by atoms with Crippen molar-refractivity contribution >= 4 is 28.2 Å². The number of rotatable bonds is 2. The van der Waals surface area contributed by atoms with Crippen molar-refractivity contribution in [2.24, 2.45) is 0 Å². The summed E-state index contributed by atoms with van der Waals surface area (Å²) in [6.07, 6.45) is 6.58. The normalized spacial score (nSPS) is 14.5. The molecule has 0 aliphatic heterocycles. The van der Waals surface area contributed by atoms with Gasteiger partial charge in [0.05, 0.1) is 11.4 Å². The summed E-state index contributed by atoms with van der Waals surface area (Å²) in [6.45, 7) is 0. The number of carbonyl (C=O) groups is 1. The van der Waals surface area contributed by atoms with Crippen molar-refractivity contribution in [2.45, 2.75) is 38.5 Å². The van der Waals surface area contributed by atoms with Gasteiger partial charge in [-0.25, -0.2) is 18.6 Å². The summed E-state index contributed by atoms with van der Waals surface area (Å²) in [6, 6.07) is 2.28. The fraction of sp³-hybridized carbons (Fsp3) is 0.375. The van der Waals surface area contributed by atoms with Crippen LogP contribution < -0.4 is 10.6 Å². The van der Waals surface area contributed by atoms with E-state index < -0.39 is 17.7 Å². The van der Waals surface area contributed by atoms with Gasteiger partial charge in [0.25, 0.3) is 0 Å². The summed E-state index contributed by atoms with van der Waals surface area (Å²) < 4.78 is 26.6. The Kier molecular flexibility index (Phi) is 4.85. The number of carbonyl (C=O) groups excluding carboxylic acids is 1. The quantitative estimate of drug-likeness (QED) is 0.833. The molecule has 0 unspecified atom stereocenters. The highest BCUT2D eigenvalue weighted by Gasteiger charge is 2.15. The van der Waals surface area contributed by atoms with E-state index in [1.807, 2.05) is 0 Å². The number of fused-ring (bicyclic) bond motifs is 1. The Morgan fingerprint density at radius 2 is 1.87 bits per heavy atom. The third-order valence-electron chi connectivity index (χ3n) is 3.74. The molecule has 1 aliphatic carbocycles. The molecule has 2 aromatic rings. The van der Waals surface area contributed by atoms with Gasteiger partial charge in [0.2, 0.25) is 0 Å². The van der Waals surface area contributed by atoms with E-state index in [0.717, 1.165) is 49.6 Å². The number of nitrogens with one attached hydrogen (secondary N) is 2. The van der Waals surface area contributed by atoms with Crippen LogP contribution in [0.25, 0.3) is 0 Å². The van der Waals surface area contributed by atoms with Gasteiger partial charge in [-0.15, -0.1) is 11.3 Å². The minimum Gasteiger partial charge on any atom is -0.305 e. The van der Waals surface area contributed by atoms with Crippen LogP contribution in [-0.2, 0) is 12.8 Å². The highest BCUT2D eigenvalue weighted by Crippen LogP contribution is 2.28. The Hall–Kier alpha value is -2.02. The SMILES string of the molecule is O=C(Nc1nc2c(s1)CCCCCC2)Nc1cc(F)ccc1F. The maximum atomic E-state index is 13.5. The second-order valence-corrected chi connectivity index (χ2v) is 6.59. The number of benzene rings is 1. The number of urea groups is 1. The molecule has 1 heterocycles. The van der Waals surface area contributed by atoms with Crippen LogP contribution in [0, 0.1) is 11.6 Å². The van der Waals surface area contributed by atoms with E-state index in [4.69, 9.17) is 0 Å². The van der Waals surface area contributed by atoms with E-state index in [9.17, 15) is 13.6 Å². The lowest BCUT2D eigenvalue weighted by Crippen LogP contribution is -2.20. The summed E-state index contributed by atoms with van der Waals surface area (Å²) >= 11 is 1.45. The van der Waals surface area contributed by atoms with Gasteiger partial charge in [0.1, 0.15) is 11.6 Å². The number of nitrogens with zero attached hydrogens (tertiary/aromatic N) is 1. The largest absolute Gasteiger partial charge is 0.325 e. The zero-order valence-corrected chi connectivity index (χ0v) is 13.3. The molecule has 0 saturated carbocycles. The maximum Gasteiger partial charge on any atom is 0.325 e. The van der Waals surface area contributed by atoms with Crippen molar-refractivity contribution in [3.05, 3.63) is 40.4 Å². The first-order valence-corrected chi connectivity index (χ1v) is 8.45. The number of halogens is 2. The molecule has 2 amide bonds. The van der Waals surface area contributed by atoms with Crippen molar-refractivity contribution in [1.82, 2.24) is 4.98 Å². The van der Waals surface area contributed by atoms with Gasteiger partial charge < -0.3 is 5.32 Å². The second-order valence-electron chi connectivity index (χ2n) is 5.51. The fourth-order valence-corrected chi connectivity index (χ4v) is 3.65. The zero-order chi connectivity index (χ0) is 16.2. The van der Waals surface area contributed by atoms with Crippen molar-refractivity contribution in [2.75, 3.05) is 10.6 Å². The van der Waals surface area contributed by atoms with Crippen LogP contribution in [0.2, 0.25) is 0 Å². The Bertz CT molecular complexity index is 692. The maximum absolute atomic E-state index is 13.5. The monoisotopic (exact) mass is 337 g/mol. The molecule has 7 heteroatoms. The number of anilines is 2. The van der Waals surface area contributed by atoms with Crippen molar-refractivity contribution in [3.8, 4) is 0 Å². The summed E-state index contributed by atoms with van der Waals surface area (Å²) in [5.41, 5.74) is 0.847. The molecule has 0 saturated heterocycles. The lowest BCUT2D eigenvalue weighted by Gasteiger charge is -2.06. The molecule has 2 N–H and O–H groups in total. The third kappa shape index (κ3) is 4.04. The summed E-state index contributed by atoms with van der Waals surface area (Å²) in [7, 11) is 0. The predicted octanol–water partition coefficient (Wildman–Crippen LogP) is 4.72. The molecule has 1 aromatic carbocycles. The Labute approximate surface area is 136 Å². The van der Waals surface area contributed by atoms with Crippen LogP contribution >= 0.6 is 11.3 Å². The Balaban J connectivity index is 1.68. The smallest absolute Gasteiger partial charge is 0.305 e. The molecule has 1 aliphatic rings. The molecular formula is C16H17F2N3OS. The molecule has 23 heavy (non-hydrogen) atoms. The van der Waals surface area contributed by atoms with E-state index in [-0.39, 0.29) is 5.69 Å². The molecule has 3 rings (SSSR count). The van der Waals surface area contributed by atoms with E-state index in [1.165, 1.54) is 29.1 Å². The number of aryl methyl sites for hydroxylation is 2. The summed E-state index contributed by atoms with van der Waals surface area (Å²) in [4.78, 5) is 17.6. The molecule has 0 fully saturated rings. The predicted molar refractivity (Wildman–Crippen MR) is 87.0 cm³/mol. The highest BCUT2D eigenvalue weighted by atomic mass is 32.1. The minimum atomic E-state index is -0.687. The van der Waals surface area contributed by atoms with E-state index in [2.05, 4.69) is 15.6 Å². The Morgan fingerprint density at radius 3 is 2.70 bits per heavy atom. The van der Waals surface area contributed by atoms with Crippen molar-refractivity contribution in [1.29, 1.82) is 0 Å². The highest BCUT2D eigenvalue weighted by molar-refractivity contribution is 7.15. The van der Waals surface area contributed by atoms with Crippen LogP contribution in [0.4, 0.5) is 24.4 Å². The molecule has 0 spiro atoms. The van der Waals surface area contributed by atoms with E-state index >= 15 is 0 Å². The molecule has 122 valence electrons. The molecular weight excluding hydrogens is 320 g/mol. The zero-order valence-electron chi connectivity index (χ0n) is 12.5. The fourth-order valence-electron chi connectivity index (χ4n) is 2.60. The standard InChI is InChI=1S/C16H17F2N3OS/c17-10-7-8-11(18)13(9-10)19-15(22)21-16-20-12-5-3-1-2-4-6-14(12)23-16/h7-9H,1-6H2,(H2,19,20,21,22). The van der Waals surface area contributed by atoms with Gasteiger partial charge in [-0.1, -0.05) is 12.8 Å². The first-order chi connectivity index (χ1) is 11.1. The molecule has 1 aromatic heterocycles. The van der Waals surface area contributed by atoms with Gasteiger partial charge in [0, 0.05) is 10.9 Å². The van der Waals surface area contributed by atoms with Crippen LogP contribution in [0.3, 0.4) is 0 Å². The topological polar surface area (TPSA) is 54.0 Å². The number of hydrogen-bond donors (Lipinski definition) is 2. The van der Waals surface area contributed by atoms with Crippen molar-refractivity contribution in [3.63, 3.8) is 0 Å². The van der Waals surface area contributed by atoms with Gasteiger partial charge in [-0.2, -0.15) is 0 Å². The second kappa shape index (κ2) is 7.04. The summed E-state index contributed by atoms with van der Waals surface area (Å²) in [5, 5.41) is 5.40. The lowest BCUT2D eigenvalue weighted by molar-refractivity contribution is 0.262. The van der Waals surface area contributed by atoms with Crippen molar-refractivity contribution < 1.29 is 13.6 Å². The average molecular weight is 337 g/mol. The number of aromatic nitrogens is 1.